The van der Waals surface area contributed by atoms with Gasteiger partial charge in [-0.15, -0.1) is 0 Å². The van der Waals surface area contributed by atoms with Crippen LogP contribution in [0.4, 0.5) is 4.39 Å². The van der Waals surface area contributed by atoms with Crippen LogP contribution in [0.1, 0.15) is 36.3 Å². The van der Waals surface area contributed by atoms with Crippen molar-refractivity contribution in [3.63, 3.8) is 0 Å². The van der Waals surface area contributed by atoms with Crippen LogP contribution in [0.2, 0.25) is 0 Å². The van der Waals surface area contributed by atoms with Gasteiger partial charge in [0.15, 0.2) is 0 Å². The Morgan fingerprint density at radius 1 is 1.20 bits per heavy atom. The summed E-state index contributed by atoms with van der Waals surface area (Å²) in [6.45, 7) is 0.404. The number of hydrogen-bond acceptors (Lipinski definition) is 1. The second-order valence-corrected chi connectivity index (χ2v) is 4.40. The Morgan fingerprint density at radius 2 is 1.93 bits per heavy atom. The maximum absolute atomic E-state index is 12.8. The SMILES string of the molecule is NCc1ccc(C2CCCC2CF)cc1. The molecule has 15 heavy (non-hydrogen) atoms. The molecule has 1 saturated carbocycles. The van der Waals surface area contributed by atoms with Crippen molar-refractivity contribution < 1.29 is 4.39 Å². The predicted octanol–water partition coefficient (Wildman–Crippen LogP) is 3.00. The molecular formula is C13H18FN. The molecule has 0 heterocycles. The quantitative estimate of drug-likeness (QED) is 0.810. The Labute approximate surface area is 90.5 Å². The highest BCUT2D eigenvalue weighted by Crippen LogP contribution is 2.39. The average molecular weight is 207 g/mol. The van der Waals surface area contributed by atoms with E-state index >= 15 is 0 Å². The molecule has 1 aliphatic carbocycles. The van der Waals surface area contributed by atoms with Crippen LogP contribution in [0.25, 0.3) is 0 Å². The van der Waals surface area contributed by atoms with E-state index in [0.29, 0.717) is 12.5 Å². The highest BCUT2D eigenvalue weighted by molar-refractivity contribution is 5.26. The summed E-state index contributed by atoms with van der Waals surface area (Å²) in [5.41, 5.74) is 7.98. The van der Waals surface area contributed by atoms with Gasteiger partial charge < -0.3 is 5.73 Å². The lowest BCUT2D eigenvalue weighted by Crippen LogP contribution is -2.08. The van der Waals surface area contributed by atoms with Gasteiger partial charge >= 0.3 is 0 Å². The van der Waals surface area contributed by atoms with Crippen LogP contribution >= 0.6 is 0 Å². The summed E-state index contributed by atoms with van der Waals surface area (Å²) in [6, 6.07) is 8.34. The zero-order chi connectivity index (χ0) is 10.7. The first kappa shape index (κ1) is 10.6. The molecule has 0 aromatic heterocycles. The van der Waals surface area contributed by atoms with Gasteiger partial charge in [0, 0.05) is 6.54 Å². The van der Waals surface area contributed by atoms with E-state index in [0.717, 1.165) is 24.8 Å². The molecule has 1 aliphatic rings. The number of hydrogen-bond donors (Lipinski definition) is 1. The van der Waals surface area contributed by atoms with Gasteiger partial charge in [-0.25, -0.2) is 0 Å². The van der Waals surface area contributed by atoms with Crippen molar-refractivity contribution in [2.75, 3.05) is 6.67 Å². The van der Waals surface area contributed by atoms with E-state index in [2.05, 4.69) is 24.3 Å². The highest BCUT2D eigenvalue weighted by atomic mass is 19.1. The third kappa shape index (κ3) is 2.20. The molecule has 0 radical (unpaired) electrons. The fourth-order valence-corrected chi connectivity index (χ4v) is 2.56. The Bertz CT molecular complexity index is 307. The van der Waals surface area contributed by atoms with Crippen molar-refractivity contribution in [1.82, 2.24) is 0 Å². The molecular weight excluding hydrogens is 189 g/mol. The van der Waals surface area contributed by atoms with Gasteiger partial charge in [0.05, 0.1) is 6.67 Å². The van der Waals surface area contributed by atoms with Gasteiger partial charge in [0.25, 0.3) is 0 Å². The molecule has 2 atom stereocenters. The zero-order valence-electron chi connectivity index (χ0n) is 8.95. The van der Waals surface area contributed by atoms with E-state index in [1.165, 1.54) is 5.56 Å². The number of rotatable bonds is 3. The summed E-state index contributed by atoms with van der Waals surface area (Å²) in [5.74, 6) is 0.676. The summed E-state index contributed by atoms with van der Waals surface area (Å²) in [5, 5.41) is 0. The van der Waals surface area contributed by atoms with Crippen LogP contribution in [0.5, 0.6) is 0 Å². The maximum Gasteiger partial charge on any atom is 0.0928 e. The fraction of sp³-hybridized carbons (Fsp3) is 0.538. The number of nitrogens with two attached hydrogens (primary N) is 1. The second-order valence-electron chi connectivity index (χ2n) is 4.40. The van der Waals surface area contributed by atoms with Crippen LogP contribution in [0.3, 0.4) is 0 Å². The van der Waals surface area contributed by atoms with E-state index in [-0.39, 0.29) is 12.6 Å². The fourth-order valence-electron chi connectivity index (χ4n) is 2.56. The van der Waals surface area contributed by atoms with E-state index in [1.807, 2.05) is 0 Å². The molecule has 0 spiro atoms. The van der Waals surface area contributed by atoms with Crippen molar-refractivity contribution in [1.29, 1.82) is 0 Å². The third-order valence-electron chi connectivity index (χ3n) is 3.50. The first-order valence-electron chi connectivity index (χ1n) is 5.70. The Kier molecular flexibility index (Phi) is 3.37. The van der Waals surface area contributed by atoms with Gasteiger partial charge in [0.1, 0.15) is 0 Å². The standard InChI is InChI=1S/C13H18FN/c14-8-12-2-1-3-13(12)11-6-4-10(9-15)5-7-11/h4-7,12-13H,1-3,8-9,15H2. The molecule has 2 rings (SSSR count). The normalized spacial score (nSPS) is 25.7. The monoisotopic (exact) mass is 207 g/mol. The Balaban J connectivity index is 2.14. The number of benzene rings is 1. The van der Waals surface area contributed by atoms with Crippen LogP contribution in [-0.4, -0.2) is 6.67 Å². The van der Waals surface area contributed by atoms with E-state index in [1.54, 1.807) is 0 Å². The lowest BCUT2D eigenvalue weighted by molar-refractivity contribution is 0.342. The van der Waals surface area contributed by atoms with Gasteiger partial charge in [-0.2, -0.15) is 0 Å². The minimum Gasteiger partial charge on any atom is -0.326 e. The Hall–Kier alpha value is -0.890. The molecule has 1 fully saturated rings. The predicted molar refractivity (Wildman–Crippen MR) is 60.4 cm³/mol. The molecule has 0 saturated heterocycles. The third-order valence-corrected chi connectivity index (χ3v) is 3.50. The molecule has 2 unspecified atom stereocenters. The first-order valence-corrected chi connectivity index (χ1v) is 5.70. The van der Waals surface area contributed by atoms with Crippen molar-refractivity contribution in [3.05, 3.63) is 35.4 Å². The largest absolute Gasteiger partial charge is 0.326 e. The average Bonchev–Trinajstić information content (AvgIpc) is 2.77. The molecule has 1 nitrogen and oxygen atoms in total. The topological polar surface area (TPSA) is 26.0 Å². The molecule has 1 aromatic carbocycles. The van der Waals surface area contributed by atoms with Gasteiger partial charge in [0.2, 0.25) is 0 Å². The zero-order valence-corrected chi connectivity index (χ0v) is 8.95. The molecule has 82 valence electrons. The van der Waals surface area contributed by atoms with E-state index < -0.39 is 0 Å². The highest BCUT2D eigenvalue weighted by Gasteiger charge is 2.28. The summed E-state index contributed by atoms with van der Waals surface area (Å²) < 4.78 is 12.8. The molecule has 1 aromatic rings. The minimum atomic E-state index is -0.177. The Morgan fingerprint density at radius 3 is 2.53 bits per heavy atom. The minimum absolute atomic E-state index is 0.177. The summed E-state index contributed by atoms with van der Waals surface area (Å²) >= 11 is 0. The van der Waals surface area contributed by atoms with E-state index in [9.17, 15) is 4.39 Å². The maximum atomic E-state index is 12.8. The van der Waals surface area contributed by atoms with Crippen molar-refractivity contribution in [3.8, 4) is 0 Å². The van der Waals surface area contributed by atoms with Crippen molar-refractivity contribution in [2.24, 2.45) is 11.7 Å². The number of halogens is 1. The smallest absolute Gasteiger partial charge is 0.0928 e. The molecule has 2 N–H and O–H groups in total. The van der Waals surface area contributed by atoms with Gasteiger partial charge in [-0.3, -0.25) is 4.39 Å². The lowest BCUT2D eigenvalue weighted by atomic mass is 9.89. The van der Waals surface area contributed by atoms with Crippen molar-refractivity contribution in [2.45, 2.75) is 31.7 Å². The van der Waals surface area contributed by atoms with Gasteiger partial charge in [-0.05, 0) is 35.8 Å². The molecule has 0 bridgehead atoms. The summed E-state index contributed by atoms with van der Waals surface area (Å²) in [7, 11) is 0. The van der Waals surface area contributed by atoms with Crippen molar-refractivity contribution >= 4 is 0 Å². The lowest BCUT2D eigenvalue weighted by Gasteiger charge is -2.17. The molecule has 0 amide bonds. The molecule has 2 heteroatoms. The summed E-state index contributed by atoms with van der Waals surface area (Å²) in [4.78, 5) is 0. The summed E-state index contributed by atoms with van der Waals surface area (Å²) in [6.07, 6.45) is 3.34. The van der Waals surface area contributed by atoms with Gasteiger partial charge in [-0.1, -0.05) is 30.7 Å². The first-order chi connectivity index (χ1) is 7.35. The second kappa shape index (κ2) is 4.75. The number of alkyl halides is 1. The van der Waals surface area contributed by atoms with Crippen LogP contribution < -0.4 is 5.73 Å². The molecule has 0 aliphatic heterocycles. The van der Waals surface area contributed by atoms with Crippen LogP contribution in [-0.2, 0) is 6.54 Å². The van der Waals surface area contributed by atoms with Crippen LogP contribution in [0.15, 0.2) is 24.3 Å². The van der Waals surface area contributed by atoms with Crippen LogP contribution in [0, 0.1) is 5.92 Å². The van der Waals surface area contributed by atoms with E-state index in [4.69, 9.17) is 5.73 Å².